The molecule has 0 bridgehead atoms. The first-order valence-corrected chi connectivity index (χ1v) is 5.68. The average Bonchev–Trinajstić information content (AvgIpc) is 2.02. The normalized spacial score (nSPS) is 16.5. The highest BCUT2D eigenvalue weighted by Crippen LogP contribution is 2.03. The summed E-state index contributed by atoms with van der Waals surface area (Å²) < 4.78 is 24.3. The zero-order valence-electron chi connectivity index (χ0n) is 7.94. The molecule has 0 heterocycles. The molecule has 2 N–H and O–H groups in total. The van der Waals surface area contributed by atoms with E-state index in [2.05, 4.69) is 4.72 Å². The molecule has 0 radical (unpaired) electrons. The lowest BCUT2D eigenvalue weighted by Crippen LogP contribution is -2.40. The Morgan fingerprint density at radius 1 is 1.46 bits per heavy atom. The molecule has 2 atom stereocenters. The lowest BCUT2D eigenvalue weighted by Gasteiger charge is -2.16. The number of sulfonamides is 1. The number of hydrogen-bond acceptors (Lipinski definition) is 3. The van der Waals surface area contributed by atoms with Crippen molar-refractivity contribution in [1.82, 2.24) is 4.72 Å². The summed E-state index contributed by atoms with van der Waals surface area (Å²) in [5, 5.41) is 8.59. The van der Waals surface area contributed by atoms with Gasteiger partial charge in [0.25, 0.3) is 0 Å². The van der Waals surface area contributed by atoms with Gasteiger partial charge in [0.2, 0.25) is 10.0 Å². The van der Waals surface area contributed by atoms with Gasteiger partial charge in [-0.25, -0.2) is 13.1 Å². The van der Waals surface area contributed by atoms with E-state index in [0.717, 1.165) is 0 Å². The van der Waals surface area contributed by atoms with Gasteiger partial charge >= 0.3 is 5.97 Å². The fourth-order valence-corrected chi connectivity index (χ4v) is 1.62. The summed E-state index contributed by atoms with van der Waals surface area (Å²) in [7, 11) is -3.31. The van der Waals surface area contributed by atoms with E-state index in [1.54, 1.807) is 0 Å². The van der Waals surface area contributed by atoms with Crippen molar-refractivity contribution in [3.63, 3.8) is 0 Å². The number of rotatable bonds is 5. The Balaban J connectivity index is 4.31. The van der Waals surface area contributed by atoms with Crippen molar-refractivity contribution in [2.45, 2.75) is 26.8 Å². The Bertz CT molecular complexity index is 272. The number of carboxylic acid groups (broad SMARTS) is 1. The second-order valence-electron chi connectivity index (χ2n) is 2.94. The molecule has 0 aliphatic heterocycles. The first-order valence-electron chi connectivity index (χ1n) is 4.03. The summed E-state index contributed by atoms with van der Waals surface area (Å²) in [6.45, 7) is 4.50. The first-order chi connectivity index (χ1) is 5.80. The minimum Gasteiger partial charge on any atom is -0.481 e. The largest absolute Gasteiger partial charge is 0.481 e. The highest BCUT2D eigenvalue weighted by Gasteiger charge is 2.22. The number of hydrogen-bond donors (Lipinski definition) is 2. The molecule has 0 rings (SSSR count). The van der Waals surface area contributed by atoms with E-state index < -0.39 is 28.0 Å². The van der Waals surface area contributed by atoms with Gasteiger partial charge in [-0.2, -0.15) is 0 Å². The molecule has 5 nitrogen and oxygen atoms in total. The van der Waals surface area contributed by atoms with Gasteiger partial charge in [-0.3, -0.25) is 4.79 Å². The maximum atomic E-state index is 11.0. The summed E-state index contributed by atoms with van der Waals surface area (Å²) in [5.41, 5.74) is 0. The Kier molecular flexibility index (Phi) is 4.35. The number of carboxylic acids is 1. The molecule has 78 valence electrons. The van der Waals surface area contributed by atoms with Crippen LogP contribution in [0.25, 0.3) is 0 Å². The molecular weight excluding hydrogens is 194 g/mol. The Labute approximate surface area is 78.2 Å². The second kappa shape index (κ2) is 4.57. The summed E-state index contributed by atoms with van der Waals surface area (Å²) >= 11 is 0. The van der Waals surface area contributed by atoms with Gasteiger partial charge in [0.05, 0.1) is 11.7 Å². The zero-order valence-corrected chi connectivity index (χ0v) is 8.76. The SMILES string of the molecule is CCS(=O)(=O)NC(C)C(C)C(=O)O. The van der Waals surface area contributed by atoms with Gasteiger partial charge in [0.1, 0.15) is 0 Å². The van der Waals surface area contributed by atoms with Crippen LogP contribution in [0.4, 0.5) is 0 Å². The molecule has 13 heavy (non-hydrogen) atoms. The third-order valence-corrected chi connectivity index (χ3v) is 3.38. The molecule has 0 aromatic heterocycles. The molecular formula is C7H15NO4S. The summed E-state index contributed by atoms with van der Waals surface area (Å²) in [4.78, 5) is 10.5. The Hall–Kier alpha value is -0.620. The molecule has 0 saturated carbocycles. The van der Waals surface area contributed by atoms with Crippen LogP contribution in [-0.4, -0.2) is 31.3 Å². The van der Waals surface area contributed by atoms with Crippen LogP contribution < -0.4 is 4.72 Å². The van der Waals surface area contributed by atoms with Gasteiger partial charge in [-0.15, -0.1) is 0 Å². The quantitative estimate of drug-likeness (QED) is 0.669. The van der Waals surface area contributed by atoms with E-state index in [9.17, 15) is 13.2 Å². The van der Waals surface area contributed by atoms with Crippen LogP contribution in [0.1, 0.15) is 20.8 Å². The molecule has 0 saturated heterocycles. The highest BCUT2D eigenvalue weighted by molar-refractivity contribution is 7.89. The predicted molar refractivity (Wildman–Crippen MR) is 48.9 cm³/mol. The van der Waals surface area contributed by atoms with Gasteiger partial charge in [0, 0.05) is 6.04 Å². The summed E-state index contributed by atoms with van der Waals surface area (Å²) in [6.07, 6.45) is 0. The lowest BCUT2D eigenvalue weighted by atomic mass is 10.1. The third kappa shape index (κ3) is 4.23. The highest BCUT2D eigenvalue weighted by atomic mass is 32.2. The lowest BCUT2D eigenvalue weighted by molar-refractivity contribution is -0.141. The molecule has 0 aliphatic rings. The van der Waals surface area contributed by atoms with Crippen LogP contribution in [0.15, 0.2) is 0 Å². The van der Waals surface area contributed by atoms with Crippen molar-refractivity contribution in [3.8, 4) is 0 Å². The maximum Gasteiger partial charge on any atom is 0.307 e. The third-order valence-electron chi connectivity index (χ3n) is 1.89. The van der Waals surface area contributed by atoms with Crippen LogP contribution in [0.3, 0.4) is 0 Å². The van der Waals surface area contributed by atoms with Crippen LogP contribution in [0.2, 0.25) is 0 Å². The minimum absolute atomic E-state index is 0.0380. The monoisotopic (exact) mass is 209 g/mol. The van der Waals surface area contributed by atoms with Crippen molar-refractivity contribution in [1.29, 1.82) is 0 Å². The van der Waals surface area contributed by atoms with Crippen molar-refractivity contribution in [3.05, 3.63) is 0 Å². The second-order valence-corrected chi connectivity index (χ2v) is 4.98. The molecule has 0 spiro atoms. The predicted octanol–water partition coefficient (Wildman–Crippen LogP) is 0.0349. The van der Waals surface area contributed by atoms with Gasteiger partial charge < -0.3 is 5.11 Å². The van der Waals surface area contributed by atoms with Gasteiger partial charge in [0.15, 0.2) is 0 Å². The van der Waals surface area contributed by atoms with Crippen molar-refractivity contribution < 1.29 is 18.3 Å². The first kappa shape index (κ1) is 12.4. The summed E-state index contributed by atoms with van der Waals surface area (Å²) in [6, 6.07) is -0.581. The van der Waals surface area contributed by atoms with E-state index in [1.807, 2.05) is 0 Å². The van der Waals surface area contributed by atoms with E-state index >= 15 is 0 Å². The van der Waals surface area contributed by atoms with Crippen molar-refractivity contribution in [2.75, 3.05) is 5.75 Å². The van der Waals surface area contributed by atoms with Crippen molar-refractivity contribution >= 4 is 16.0 Å². The fraction of sp³-hybridized carbons (Fsp3) is 0.857. The smallest absolute Gasteiger partial charge is 0.307 e. The zero-order chi connectivity index (χ0) is 10.6. The fourth-order valence-electron chi connectivity index (χ4n) is 0.682. The van der Waals surface area contributed by atoms with Crippen LogP contribution in [0, 0.1) is 5.92 Å². The molecule has 6 heteroatoms. The number of nitrogens with one attached hydrogen (secondary N) is 1. The van der Waals surface area contributed by atoms with Crippen LogP contribution in [0.5, 0.6) is 0 Å². The molecule has 0 fully saturated rings. The van der Waals surface area contributed by atoms with Gasteiger partial charge in [-0.05, 0) is 13.8 Å². The maximum absolute atomic E-state index is 11.0. The summed E-state index contributed by atoms with van der Waals surface area (Å²) in [5.74, 6) is -1.77. The Morgan fingerprint density at radius 2 is 1.92 bits per heavy atom. The van der Waals surface area contributed by atoms with E-state index in [1.165, 1.54) is 20.8 Å². The van der Waals surface area contributed by atoms with E-state index in [4.69, 9.17) is 5.11 Å². The van der Waals surface area contributed by atoms with E-state index in [0.29, 0.717) is 0 Å². The molecule has 0 amide bonds. The number of carbonyl (C=O) groups is 1. The van der Waals surface area contributed by atoms with Crippen molar-refractivity contribution in [2.24, 2.45) is 5.92 Å². The molecule has 2 unspecified atom stereocenters. The van der Waals surface area contributed by atoms with Crippen LogP contribution >= 0.6 is 0 Å². The molecule has 0 aliphatic carbocycles. The standard InChI is InChI=1S/C7H15NO4S/c1-4-13(11,12)8-6(3)5(2)7(9)10/h5-6,8H,4H2,1-3H3,(H,9,10). The molecule has 0 aromatic carbocycles. The topological polar surface area (TPSA) is 83.5 Å². The average molecular weight is 209 g/mol. The number of aliphatic carboxylic acids is 1. The minimum atomic E-state index is -3.31. The van der Waals surface area contributed by atoms with E-state index in [-0.39, 0.29) is 5.75 Å². The van der Waals surface area contributed by atoms with Crippen LogP contribution in [-0.2, 0) is 14.8 Å². The van der Waals surface area contributed by atoms with Gasteiger partial charge in [-0.1, -0.05) is 6.92 Å². The molecule has 0 aromatic rings. The Morgan fingerprint density at radius 3 is 2.23 bits per heavy atom.